The van der Waals surface area contributed by atoms with Gasteiger partial charge in [-0.15, -0.1) is 11.3 Å². The highest BCUT2D eigenvalue weighted by Crippen LogP contribution is 2.25. The summed E-state index contributed by atoms with van der Waals surface area (Å²) >= 11 is 3.18. The molecular formula is C16H22N4OS2. The molecule has 5 nitrogen and oxygen atoms in total. The Morgan fingerprint density at radius 1 is 1.48 bits per heavy atom. The Balaban J connectivity index is 1.53. The van der Waals surface area contributed by atoms with E-state index in [4.69, 9.17) is 0 Å². The first-order valence-corrected chi connectivity index (χ1v) is 9.91. The molecule has 3 heterocycles. The van der Waals surface area contributed by atoms with E-state index >= 15 is 0 Å². The Hall–Kier alpha value is -1.34. The lowest BCUT2D eigenvalue weighted by molar-refractivity contribution is -0.132. The number of hydrogen-bond acceptors (Lipinski definition) is 5. The lowest BCUT2D eigenvalue weighted by atomic mass is 9.99. The van der Waals surface area contributed by atoms with E-state index in [0.29, 0.717) is 11.8 Å². The highest BCUT2D eigenvalue weighted by atomic mass is 32.2. The fraction of sp³-hybridized carbons (Fsp3) is 0.562. The first-order valence-electron chi connectivity index (χ1n) is 8.04. The average molecular weight is 351 g/mol. The summed E-state index contributed by atoms with van der Waals surface area (Å²) in [6.07, 6.45) is 8.20. The number of likely N-dealkylation sites (tertiary alicyclic amines) is 1. The van der Waals surface area contributed by atoms with Crippen molar-refractivity contribution >= 4 is 29.0 Å². The minimum Gasteiger partial charge on any atom is -0.339 e. The number of piperidine rings is 1. The lowest BCUT2D eigenvalue weighted by Gasteiger charge is -2.35. The predicted octanol–water partition coefficient (Wildman–Crippen LogP) is 3.21. The molecule has 0 unspecified atom stereocenters. The van der Waals surface area contributed by atoms with Crippen LogP contribution in [-0.4, -0.2) is 43.9 Å². The second-order valence-electron chi connectivity index (χ2n) is 5.84. The summed E-state index contributed by atoms with van der Waals surface area (Å²) in [5.74, 6) is 0.735. The van der Waals surface area contributed by atoms with Crippen molar-refractivity contribution in [2.45, 2.75) is 49.5 Å². The highest BCUT2D eigenvalue weighted by molar-refractivity contribution is 8.01. The molecule has 0 aromatic carbocycles. The molecule has 124 valence electrons. The molecule has 2 aromatic rings. The van der Waals surface area contributed by atoms with Crippen molar-refractivity contribution in [2.24, 2.45) is 0 Å². The second-order valence-corrected chi connectivity index (χ2v) is 7.92. The number of thioether (sulfide) groups is 1. The number of thiazole rings is 1. The molecule has 0 bridgehead atoms. The molecular weight excluding hydrogens is 328 g/mol. The summed E-state index contributed by atoms with van der Waals surface area (Å²) in [5.41, 5.74) is 1.03. The van der Waals surface area contributed by atoms with Crippen molar-refractivity contribution < 1.29 is 4.79 Å². The van der Waals surface area contributed by atoms with E-state index in [0.717, 1.165) is 42.4 Å². The van der Waals surface area contributed by atoms with Gasteiger partial charge in [0.05, 0.1) is 5.75 Å². The number of aryl methyl sites for hydroxylation is 2. The molecule has 7 heteroatoms. The van der Waals surface area contributed by atoms with Crippen LogP contribution in [0.25, 0.3) is 0 Å². The van der Waals surface area contributed by atoms with Gasteiger partial charge in [0, 0.05) is 42.6 Å². The summed E-state index contributed by atoms with van der Waals surface area (Å²) in [5, 5.41) is 6.28. The molecule has 0 aliphatic carbocycles. The van der Waals surface area contributed by atoms with Crippen LogP contribution in [0.3, 0.4) is 0 Å². The fourth-order valence-corrected chi connectivity index (χ4v) is 4.68. The van der Waals surface area contributed by atoms with Crippen LogP contribution < -0.4 is 0 Å². The molecule has 0 saturated carbocycles. The van der Waals surface area contributed by atoms with Crippen LogP contribution in [0.2, 0.25) is 0 Å². The molecule has 1 aliphatic rings. The SMILES string of the molecule is Cc1csc(SCC(=O)N2CCCC[C@H]2CCn2cccn2)n1. The molecule has 0 spiro atoms. The molecule has 1 fully saturated rings. The molecule has 23 heavy (non-hydrogen) atoms. The smallest absolute Gasteiger partial charge is 0.233 e. The van der Waals surface area contributed by atoms with Gasteiger partial charge in [-0.05, 0) is 38.7 Å². The average Bonchev–Trinajstić information content (AvgIpc) is 3.22. The first kappa shape index (κ1) is 16.5. The summed E-state index contributed by atoms with van der Waals surface area (Å²) in [6, 6.07) is 2.29. The topological polar surface area (TPSA) is 51.0 Å². The van der Waals surface area contributed by atoms with Crippen molar-refractivity contribution in [1.82, 2.24) is 19.7 Å². The van der Waals surface area contributed by atoms with E-state index in [1.54, 1.807) is 29.3 Å². The van der Waals surface area contributed by atoms with Crippen molar-refractivity contribution in [2.75, 3.05) is 12.3 Å². The third-order valence-corrected chi connectivity index (χ3v) is 6.24. The monoisotopic (exact) mass is 350 g/mol. The largest absolute Gasteiger partial charge is 0.339 e. The minimum absolute atomic E-state index is 0.244. The summed E-state index contributed by atoms with van der Waals surface area (Å²) in [4.78, 5) is 19.1. The zero-order valence-corrected chi connectivity index (χ0v) is 15.0. The number of rotatable bonds is 6. The van der Waals surface area contributed by atoms with Crippen molar-refractivity contribution in [3.8, 4) is 0 Å². The Kier molecular flexibility index (Phi) is 5.72. The number of carbonyl (C=O) groups is 1. The van der Waals surface area contributed by atoms with Gasteiger partial charge in [0.2, 0.25) is 5.91 Å². The van der Waals surface area contributed by atoms with Crippen molar-refractivity contribution in [1.29, 1.82) is 0 Å². The van der Waals surface area contributed by atoms with Gasteiger partial charge in [-0.3, -0.25) is 9.48 Å². The quantitative estimate of drug-likeness (QED) is 0.751. The first-order chi connectivity index (χ1) is 11.2. The van der Waals surface area contributed by atoms with Gasteiger partial charge in [-0.2, -0.15) is 5.10 Å². The standard InChI is InChI=1S/C16H22N4OS2/c1-13-11-22-16(18-13)23-12-15(21)20-9-3-2-5-14(20)6-10-19-8-4-7-17-19/h4,7-8,11,14H,2-3,5-6,9-10,12H2,1H3/t14-/m0/s1. The van der Waals surface area contributed by atoms with E-state index < -0.39 is 0 Å². The molecule has 1 amide bonds. The molecule has 2 aromatic heterocycles. The van der Waals surface area contributed by atoms with Gasteiger partial charge in [-0.1, -0.05) is 11.8 Å². The van der Waals surface area contributed by atoms with Crippen molar-refractivity contribution in [3.63, 3.8) is 0 Å². The Bertz CT molecular complexity index is 626. The fourth-order valence-electron chi connectivity index (χ4n) is 2.95. The van der Waals surface area contributed by atoms with Crippen LogP contribution in [0.5, 0.6) is 0 Å². The Morgan fingerprint density at radius 3 is 3.13 bits per heavy atom. The zero-order chi connectivity index (χ0) is 16.1. The maximum atomic E-state index is 12.6. The number of aromatic nitrogens is 3. The van der Waals surface area contributed by atoms with Crippen LogP contribution >= 0.6 is 23.1 Å². The number of carbonyl (C=O) groups excluding carboxylic acids is 1. The molecule has 3 rings (SSSR count). The third kappa shape index (κ3) is 4.57. The third-order valence-electron chi connectivity index (χ3n) is 4.12. The predicted molar refractivity (Wildman–Crippen MR) is 93.8 cm³/mol. The van der Waals surface area contributed by atoms with Gasteiger partial charge < -0.3 is 4.90 Å². The normalized spacial score (nSPS) is 18.3. The number of hydrogen-bond donors (Lipinski definition) is 0. The van der Waals surface area contributed by atoms with Crippen molar-refractivity contribution in [3.05, 3.63) is 29.5 Å². The van der Waals surface area contributed by atoms with E-state index in [9.17, 15) is 4.79 Å². The van der Waals surface area contributed by atoms with Crippen LogP contribution in [-0.2, 0) is 11.3 Å². The molecule has 1 aliphatic heterocycles. The van der Waals surface area contributed by atoms with Gasteiger partial charge in [0.25, 0.3) is 0 Å². The molecule has 0 N–H and O–H groups in total. The van der Waals surface area contributed by atoms with Crippen LogP contribution in [0, 0.1) is 6.92 Å². The zero-order valence-electron chi connectivity index (χ0n) is 13.4. The molecule has 1 atom stereocenters. The highest BCUT2D eigenvalue weighted by Gasteiger charge is 2.26. The van der Waals surface area contributed by atoms with E-state index in [1.807, 2.05) is 29.2 Å². The second kappa shape index (κ2) is 7.97. The van der Waals surface area contributed by atoms with E-state index in [2.05, 4.69) is 15.0 Å². The lowest BCUT2D eigenvalue weighted by Crippen LogP contribution is -2.45. The number of nitrogens with zero attached hydrogens (tertiary/aromatic N) is 4. The van der Waals surface area contributed by atoms with Gasteiger partial charge in [-0.25, -0.2) is 4.98 Å². The van der Waals surface area contributed by atoms with Crippen LogP contribution in [0.1, 0.15) is 31.4 Å². The van der Waals surface area contributed by atoms with Crippen LogP contribution in [0.15, 0.2) is 28.2 Å². The molecule has 1 saturated heterocycles. The van der Waals surface area contributed by atoms with Gasteiger partial charge in [0.15, 0.2) is 4.34 Å². The van der Waals surface area contributed by atoms with Gasteiger partial charge in [0.1, 0.15) is 0 Å². The molecule has 0 radical (unpaired) electrons. The Morgan fingerprint density at radius 2 is 2.39 bits per heavy atom. The number of amides is 1. The summed E-state index contributed by atoms with van der Waals surface area (Å²) < 4.78 is 2.94. The summed E-state index contributed by atoms with van der Waals surface area (Å²) in [7, 11) is 0. The van der Waals surface area contributed by atoms with E-state index in [1.165, 1.54) is 6.42 Å². The van der Waals surface area contributed by atoms with E-state index in [-0.39, 0.29) is 5.91 Å². The maximum absolute atomic E-state index is 12.6. The van der Waals surface area contributed by atoms with Crippen LogP contribution in [0.4, 0.5) is 0 Å². The van der Waals surface area contributed by atoms with Gasteiger partial charge >= 0.3 is 0 Å². The Labute approximate surface area is 145 Å². The summed E-state index contributed by atoms with van der Waals surface area (Å²) in [6.45, 7) is 3.75. The maximum Gasteiger partial charge on any atom is 0.233 e. The minimum atomic E-state index is 0.244.